The summed E-state index contributed by atoms with van der Waals surface area (Å²) in [5, 5.41) is 5.18. The largest absolute Gasteiger partial charge is 0.383 e. The number of halogens is 1. The van der Waals surface area contributed by atoms with Crippen LogP contribution >= 0.6 is 34.4 Å². The number of nitrogens with two attached hydrogens (primary N) is 1. The van der Waals surface area contributed by atoms with Gasteiger partial charge in [0.25, 0.3) is 0 Å². The molecular weight excluding hydrogens is 321 g/mol. The van der Waals surface area contributed by atoms with Crippen LogP contribution in [-0.2, 0) is 0 Å². The van der Waals surface area contributed by atoms with Gasteiger partial charge in [-0.15, -0.1) is 0 Å². The van der Waals surface area contributed by atoms with Crippen LogP contribution in [0.2, 0.25) is 0 Å². The van der Waals surface area contributed by atoms with Crippen molar-refractivity contribution < 1.29 is 0 Å². The molecule has 0 radical (unpaired) electrons. The molecule has 1 fully saturated rings. The maximum Gasteiger partial charge on any atom is 0.135 e. The molecule has 0 spiro atoms. The highest BCUT2D eigenvalue weighted by Gasteiger charge is 2.26. The fourth-order valence-corrected chi connectivity index (χ4v) is 3.56. The van der Waals surface area contributed by atoms with Crippen molar-refractivity contribution in [3.05, 3.63) is 9.26 Å². The Labute approximate surface area is 108 Å². The average Bonchev–Trinajstić information content (AvgIpc) is 2.47. The van der Waals surface area contributed by atoms with Gasteiger partial charge in [0.05, 0.1) is 15.3 Å². The van der Waals surface area contributed by atoms with Crippen LogP contribution in [0.15, 0.2) is 0 Å². The molecule has 2 N–H and O–H groups in total. The van der Waals surface area contributed by atoms with Crippen molar-refractivity contribution in [2.75, 3.05) is 11.5 Å². The Bertz CT molecular complexity index is 364. The molecule has 2 heterocycles. The van der Waals surface area contributed by atoms with Crippen LogP contribution in [0.3, 0.4) is 0 Å². The minimum atomic E-state index is 0.478. The summed E-state index contributed by atoms with van der Waals surface area (Å²) in [5.74, 6) is 2.11. The number of nitrogen functional groups attached to an aromatic ring is 1. The third kappa shape index (κ3) is 2.13. The lowest BCUT2D eigenvalue weighted by Gasteiger charge is -2.29. The maximum absolute atomic E-state index is 6.08. The van der Waals surface area contributed by atoms with Crippen LogP contribution < -0.4 is 5.73 Å². The highest BCUT2D eigenvalue weighted by Crippen LogP contribution is 2.36. The lowest BCUT2D eigenvalue weighted by Crippen LogP contribution is -2.25. The first kappa shape index (κ1) is 11.6. The van der Waals surface area contributed by atoms with Gasteiger partial charge < -0.3 is 5.73 Å². The van der Waals surface area contributed by atoms with Crippen molar-refractivity contribution >= 4 is 40.2 Å². The molecule has 2 unspecified atom stereocenters. The summed E-state index contributed by atoms with van der Waals surface area (Å²) in [6.07, 6.45) is 2.48. The van der Waals surface area contributed by atoms with E-state index in [1.807, 2.05) is 23.4 Å². The van der Waals surface area contributed by atoms with E-state index in [2.05, 4.69) is 34.6 Å². The Morgan fingerprint density at radius 1 is 1.60 bits per heavy atom. The Kier molecular flexibility index (Phi) is 3.49. The zero-order valence-electron chi connectivity index (χ0n) is 9.03. The fraction of sp³-hybridized carbons (Fsp3) is 0.700. The van der Waals surface area contributed by atoms with E-state index in [0.29, 0.717) is 11.3 Å². The Balaban J connectivity index is 2.31. The molecule has 0 aromatic carbocycles. The van der Waals surface area contributed by atoms with Crippen molar-refractivity contribution in [1.82, 2.24) is 9.78 Å². The van der Waals surface area contributed by atoms with Crippen LogP contribution in [0.1, 0.15) is 31.5 Å². The number of nitrogens with zero attached hydrogens (tertiary/aromatic N) is 2. The molecule has 3 nitrogen and oxygen atoms in total. The van der Waals surface area contributed by atoms with Crippen molar-refractivity contribution in [3.8, 4) is 0 Å². The topological polar surface area (TPSA) is 43.8 Å². The van der Waals surface area contributed by atoms with Gasteiger partial charge in [0.2, 0.25) is 0 Å². The summed E-state index contributed by atoms with van der Waals surface area (Å²) in [7, 11) is 0. The zero-order chi connectivity index (χ0) is 11.0. The molecule has 15 heavy (non-hydrogen) atoms. The fourth-order valence-electron chi connectivity index (χ4n) is 2.03. The second-order valence-electron chi connectivity index (χ2n) is 4.01. The van der Waals surface area contributed by atoms with Gasteiger partial charge in [0, 0.05) is 5.25 Å². The molecule has 1 aliphatic heterocycles. The number of rotatable bonds is 1. The van der Waals surface area contributed by atoms with Crippen molar-refractivity contribution in [2.45, 2.75) is 38.0 Å². The second kappa shape index (κ2) is 4.53. The predicted octanol–water partition coefficient (Wildman–Crippen LogP) is 2.83. The Morgan fingerprint density at radius 3 is 2.87 bits per heavy atom. The van der Waals surface area contributed by atoms with Gasteiger partial charge in [-0.25, -0.2) is 4.68 Å². The van der Waals surface area contributed by atoms with E-state index in [-0.39, 0.29) is 0 Å². The van der Waals surface area contributed by atoms with Gasteiger partial charge in [-0.05, 0) is 48.1 Å². The van der Waals surface area contributed by atoms with E-state index in [1.165, 1.54) is 18.6 Å². The van der Waals surface area contributed by atoms with Gasteiger partial charge >= 0.3 is 0 Å². The smallest absolute Gasteiger partial charge is 0.135 e. The quantitative estimate of drug-likeness (QED) is 0.802. The van der Waals surface area contributed by atoms with E-state index in [1.54, 1.807) is 0 Å². The molecule has 2 atom stereocenters. The van der Waals surface area contributed by atoms with Crippen molar-refractivity contribution in [3.63, 3.8) is 0 Å². The summed E-state index contributed by atoms with van der Waals surface area (Å²) in [5.41, 5.74) is 7.13. The second-order valence-corrected chi connectivity index (χ2v) is 6.58. The van der Waals surface area contributed by atoms with Gasteiger partial charge in [-0.2, -0.15) is 16.9 Å². The van der Waals surface area contributed by atoms with Crippen molar-refractivity contribution in [2.24, 2.45) is 0 Å². The van der Waals surface area contributed by atoms with Gasteiger partial charge in [-0.1, -0.05) is 6.92 Å². The first-order chi connectivity index (χ1) is 7.11. The average molecular weight is 337 g/mol. The van der Waals surface area contributed by atoms with Crippen LogP contribution in [0.4, 0.5) is 5.82 Å². The van der Waals surface area contributed by atoms with E-state index < -0.39 is 0 Å². The molecule has 1 aromatic heterocycles. The molecule has 0 aliphatic carbocycles. The Hall–Kier alpha value is 0.0900. The molecule has 0 bridgehead atoms. The molecule has 2 rings (SSSR count). The number of hydrogen-bond acceptors (Lipinski definition) is 3. The molecule has 5 heteroatoms. The van der Waals surface area contributed by atoms with Gasteiger partial charge in [0.15, 0.2) is 0 Å². The summed E-state index contributed by atoms with van der Waals surface area (Å²) in [4.78, 5) is 0. The van der Waals surface area contributed by atoms with E-state index in [9.17, 15) is 0 Å². The molecule has 0 saturated carbocycles. The van der Waals surface area contributed by atoms with Crippen LogP contribution in [0.25, 0.3) is 0 Å². The highest BCUT2D eigenvalue weighted by atomic mass is 127. The third-order valence-electron chi connectivity index (χ3n) is 2.93. The molecule has 1 saturated heterocycles. The number of anilines is 1. The lowest BCUT2D eigenvalue weighted by atomic mass is 10.1. The first-order valence-corrected chi connectivity index (χ1v) is 7.35. The summed E-state index contributed by atoms with van der Waals surface area (Å²) >= 11 is 4.30. The van der Waals surface area contributed by atoms with Gasteiger partial charge in [-0.3, -0.25) is 0 Å². The highest BCUT2D eigenvalue weighted by molar-refractivity contribution is 14.1. The lowest BCUT2D eigenvalue weighted by molar-refractivity contribution is 0.413. The Morgan fingerprint density at radius 2 is 2.33 bits per heavy atom. The monoisotopic (exact) mass is 337 g/mol. The number of aromatic nitrogens is 2. The summed E-state index contributed by atoms with van der Waals surface area (Å²) in [6.45, 7) is 4.30. The molecule has 1 aliphatic rings. The number of hydrogen-bond donors (Lipinski definition) is 1. The summed E-state index contributed by atoms with van der Waals surface area (Å²) < 4.78 is 3.14. The maximum atomic E-state index is 6.08. The van der Waals surface area contributed by atoms with Crippen LogP contribution in [0.5, 0.6) is 0 Å². The van der Waals surface area contributed by atoms with E-state index in [0.717, 1.165) is 15.1 Å². The predicted molar refractivity (Wildman–Crippen MR) is 74.3 cm³/mol. The SMILES string of the molecule is Cc1nn(C2CCCSC2C)c(N)c1I. The van der Waals surface area contributed by atoms with E-state index in [4.69, 9.17) is 5.73 Å². The normalized spacial score (nSPS) is 26.9. The van der Waals surface area contributed by atoms with Gasteiger partial charge in [0.1, 0.15) is 5.82 Å². The molecule has 84 valence electrons. The number of thioether (sulfide) groups is 1. The van der Waals surface area contributed by atoms with Crippen LogP contribution in [0, 0.1) is 10.5 Å². The third-order valence-corrected chi connectivity index (χ3v) is 5.63. The van der Waals surface area contributed by atoms with E-state index >= 15 is 0 Å². The molecular formula is C10H16IN3S. The summed E-state index contributed by atoms with van der Waals surface area (Å²) in [6, 6.07) is 0.478. The van der Waals surface area contributed by atoms with Crippen LogP contribution in [-0.4, -0.2) is 20.8 Å². The standard InChI is InChI=1S/C10H16IN3S/c1-6-9(11)10(12)14(13-6)8-4-3-5-15-7(8)2/h7-8H,3-5,12H2,1-2H3. The zero-order valence-corrected chi connectivity index (χ0v) is 12.0. The molecule has 1 aromatic rings. The first-order valence-electron chi connectivity index (χ1n) is 5.23. The number of aryl methyl sites for hydroxylation is 1. The van der Waals surface area contributed by atoms with Crippen molar-refractivity contribution in [1.29, 1.82) is 0 Å². The minimum Gasteiger partial charge on any atom is -0.383 e. The minimum absolute atomic E-state index is 0.478. The molecule has 0 amide bonds.